The first kappa shape index (κ1) is 30.3. The molecule has 0 aliphatic carbocycles. The van der Waals surface area contributed by atoms with Gasteiger partial charge < -0.3 is 19.3 Å². The minimum atomic E-state index is -4.59. The number of piperidine rings is 1. The summed E-state index contributed by atoms with van der Waals surface area (Å²) in [6.45, 7) is 9.99. The molecule has 2 amide bonds. The molecule has 0 unspecified atom stereocenters. The zero-order chi connectivity index (χ0) is 30.1. The molecule has 0 spiro atoms. The molecule has 3 aromatic heterocycles. The van der Waals surface area contributed by atoms with E-state index in [2.05, 4.69) is 51.1 Å². The summed E-state index contributed by atoms with van der Waals surface area (Å²) in [5.41, 5.74) is 0.859. The van der Waals surface area contributed by atoms with Crippen molar-refractivity contribution in [2.45, 2.75) is 69.9 Å². The number of carbonyl (C=O) groups excluding carboxylic acids is 1. The van der Waals surface area contributed by atoms with Gasteiger partial charge in [0, 0.05) is 58.9 Å². The molecule has 2 saturated heterocycles. The van der Waals surface area contributed by atoms with Crippen molar-refractivity contribution in [1.29, 1.82) is 0 Å². The molecule has 0 radical (unpaired) electrons. The van der Waals surface area contributed by atoms with Crippen molar-refractivity contribution in [3.63, 3.8) is 0 Å². The van der Waals surface area contributed by atoms with Gasteiger partial charge >= 0.3 is 12.2 Å². The second-order valence-electron chi connectivity index (χ2n) is 12.2. The van der Waals surface area contributed by atoms with Crippen LogP contribution in [0.25, 0.3) is 11.0 Å². The quantitative estimate of drug-likeness (QED) is 0.268. The number of urea groups is 1. The Bertz CT molecular complexity index is 1380. The first-order chi connectivity index (χ1) is 19.9. The van der Waals surface area contributed by atoms with Gasteiger partial charge in [0.1, 0.15) is 12.4 Å². The second-order valence-corrected chi connectivity index (χ2v) is 17.9. The molecule has 3 aromatic rings. The number of fused-ring (bicyclic) bond motifs is 1. The Labute approximate surface area is 243 Å². The van der Waals surface area contributed by atoms with E-state index < -0.39 is 32.0 Å². The summed E-state index contributed by atoms with van der Waals surface area (Å²) in [6, 6.07) is 2.98. The first-order valence-corrected chi connectivity index (χ1v) is 18.0. The minimum absolute atomic E-state index is 0.0681. The van der Waals surface area contributed by atoms with Crippen LogP contribution in [-0.4, -0.2) is 89.5 Å². The third kappa shape index (κ3) is 7.06. The monoisotopic (exact) mass is 608 g/mol. The number of nitrogens with one attached hydrogen (secondary N) is 1. The van der Waals surface area contributed by atoms with Crippen LogP contribution < -0.4 is 10.2 Å². The fourth-order valence-corrected chi connectivity index (χ4v) is 6.05. The fourth-order valence-electron chi connectivity index (χ4n) is 5.29. The number of rotatable bonds is 9. The van der Waals surface area contributed by atoms with Crippen LogP contribution in [0.4, 0.5) is 29.5 Å². The lowest BCUT2D eigenvalue weighted by atomic mass is 10.0. The van der Waals surface area contributed by atoms with Crippen LogP contribution in [0.5, 0.6) is 0 Å². The van der Waals surface area contributed by atoms with Crippen molar-refractivity contribution < 1.29 is 27.4 Å². The maximum atomic E-state index is 13.6. The van der Waals surface area contributed by atoms with Gasteiger partial charge in [-0.05, 0) is 31.4 Å². The minimum Gasteiger partial charge on any atom is -0.379 e. The summed E-state index contributed by atoms with van der Waals surface area (Å²) in [7, 11) is 0.508. The van der Waals surface area contributed by atoms with Crippen LogP contribution in [-0.2, 0) is 22.4 Å². The zero-order valence-electron chi connectivity index (χ0n) is 24.5. The molecule has 15 heteroatoms. The molecule has 0 saturated carbocycles. The lowest BCUT2D eigenvalue weighted by molar-refractivity contribution is -0.145. The van der Waals surface area contributed by atoms with Gasteiger partial charge in [-0.15, -0.1) is 0 Å². The van der Waals surface area contributed by atoms with E-state index in [0.717, 1.165) is 33.5 Å². The summed E-state index contributed by atoms with van der Waals surface area (Å²) in [5.74, 6) is -0.120. The predicted molar refractivity (Wildman–Crippen MR) is 155 cm³/mol. The molecule has 230 valence electrons. The van der Waals surface area contributed by atoms with E-state index in [1.165, 1.54) is 0 Å². The van der Waals surface area contributed by atoms with Crippen molar-refractivity contribution >= 4 is 36.6 Å². The van der Waals surface area contributed by atoms with Crippen molar-refractivity contribution in [3.8, 4) is 0 Å². The van der Waals surface area contributed by atoms with Gasteiger partial charge in [-0.2, -0.15) is 23.4 Å². The van der Waals surface area contributed by atoms with E-state index in [9.17, 15) is 18.0 Å². The van der Waals surface area contributed by atoms with Gasteiger partial charge in [-0.25, -0.2) is 14.5 Å². The van der Waals surface area contributed by atoms with Gasteiger partial charge in [0.2, 0.25) is 0 Å². The highest BCUT2D eigenvalue weighted by molar-refractivity contribution is 6.76. The Balaban J connectivity index is 1.15. The molecule has 1 atom stereocenters. The summed E-state index contributed by atoms with van der Waals surface area (Å²) in [5, 5.41) is 12.0. The van der Waals surface area contributed by atoms with Crippen LogP contribution >= 0.6 is 0 Å². The maximum absolute atomic E-state index is 13.6. The largest absolute Gasteiger partial charge is 0.433 e. The summed E-state index contributed by atoms with van der Waals surface area (Å²) < 4.78 is 54.6. The van der Waals surface area contributed by atoms with Crippen molar-refractivity contribution in [3.05, 3.63) is 30.2 Å². The molecule has 2 fully saturated rings. The average Bonchev–Trinajstić information content (AvgIpc) is 3.70. The predicted octanol–water partition coefficient (Wildman–Crippen LogP) is 5.05. The number of alkyl halides is 3. The summed E-state index contributed by atoms with van der Waals surface area (Å²) in [6.07, 6.45) is 0.887. The number of carbonyl (C=O) groups is 1. The highest BCUT2D eigenvalue weighted by Gasteiger charge is 2.39. The van der Waals surface area contributed by atoms with Gasteiger partial charge in [-0.3, -0.25) is 10.00 Å². The van der Waals surface area contributed by atoms with Crippen LogP contribution in [0.15, 0.2) is 24.5 Å². The van der Waals surface area contributed by atoms with Gasteiger partial charge in [0.05, 0.1) is 30.7 Å². The SMILES string of the molecule is CN(C(=O)Nc1cc(C(F)(F)F)n([C@@H]2CCOC2)n1)C1CCN(c2cnc3c(cnn3COCC[Si](C)(C)C)c2)CC1. The molecule has 5 heterocycles. The third-order valence-corrected chi connectivity index (χ3v) is 9.59. The van der Waals surface area contributed by atoms with E-state index in [1.54, 1.807) is 22.8 Å². The molecular formula is C27H39F3N8O3Si. The number of ether oxygens (including phenoxy) is 2. The first-order valence-electron chi connectivity index (χ1n) is 14.3. The van der Waals surface area contributed by atoms with E-state index in [-0.39, 0.29) is 18.5 Å². The Kier molecular flexibility index (Phi) is 8.80. The molecule has 42 heavy (non-hydrogen) atoms. The lowest BCUT2D eigenvalue weighted by Crippen LogP contribution is -2.47. The number of pyridine rings is 1. The highest BCUT2D eigenvalue weighted by Crippen LogP contribution is 2.35. The fraction of sp³-hybridized carbons (Fsp3) is 0.630. The normalized spacial score (nSPS) is 18.6. The Morgan fingerprint density at radius 1 is 1.19 bits per heavy atom. The Hall–Kier alpha value is -3.17. The van der Waals surface area contributed by atoms with E-state index >= 15 is 0 Å². The molecule has 0 bridgehead atoms. The van der Waals surface area contributed by atoms with Crippen LogP contribution in [0.3, 0.4) is 0 Å². The van der Waals surface area contributed by atoms with Gasteiger partial charge in [-0.1, -0.05) is 19.6 Å². The maximum Gasteiger partial charge on any atom is 0.433 e. The zero-order valence-corrected chi connectivity index (χ0v) is 25.5. The molecule has 2 aliphatic rings. The van der Waals surface area contributed by atoms with Gasteiger partial charge in [0.15, 0.2) is 11.5 Å². The van der Waals surface area contributed by atoms with Crippen molar-refractivity contribution in [2.24, 2.45) is 0 Å². The van der Waals surface area contributed by atoms with Crippen LogP contribution in [0, 0.1) is 0 Å². The highest BCUT2D eigenvalue weighted by atomic mass is 28.3. The Morgan fingerprint density at radius 2 is 1.95 bits per heavy atom. The standard InChI is InChI=1S/C27H39F3N8O3Si/c1-35(26(39)33-24-14-23(27(28,29)30)38(34-24)21-7-10-40-17-21)20-5-8-36(9-6-20)22-13-19-15-32-37(25(19)31-16-22)18-41-11-12-42(2,3)4/h13-16,20-21H,5-12,17-18H2,1-4H3,(H,33,34,39)/t21-/m1/s1. The molecule has 1 N–H and O–H groups in total. The molecule has 2 aliphatic heterocycles. The van der Waals surface area contributed by atoms with Crippen LogP contribution in [0.2, 0.25) is 25.7 Å². The topological polar surface area (TPSA) is 103 Å². The smallest absolute Gasteiger partial charge is 0.379 e. The number of aromatic nitrogens is 5. The third-order valence-electron chi connectivity index (χ3n) is 7.88. The molecular weight excluding hydrogens is 569 g/mol. The van der Waals surface area contributed by atoms with E-state index in [0.29, 0.717) is 52.3 Å². The Morgan fingerprint density at radius 3 is 2.62 bits per heavy atom. The van der Waals surface area contributed by atoms with Crippen molar-refractivity contribution in [2.75, 3.05) is 50.2 Å². The second kappa shape index (κ2) is 12.2. The molecule has 11 nitrogen and oxygen atoms in total. The van der Waals surface area contributed by atoms with E-state index in [4.69, 9.17) is 9.47 Å². The number of hydrogen-bond acceptors (Lipinski definition) is 7. The number of anilines is 2. The van der Waals surface area contributed by atoms with Gasteiger partial charge in [0.25, 0.3) is 0 Å². The average molecular weight is 609 g/mol. The number of amides is 2. The molecule has 0 aromatic carbocycles. The lowest BCUT2D eigenvalue weighted by Gasteiger charge is -2.37. The van der Waals surface area contributed by atoms with E-state index in [1.807, 2.05) is 6.20 Å². The summed E-state index contributed by atoms with van der Waals surface area (Å²) >= 11 is 0. The van der Waals surface area contributed by atoms with Crippen LogP contribution in [0.1, 0.15) is 31.0 Å². The number of halogens is 3. The van der Waals surface area contributed by atoms with Crippen molar-refractivity contribution in [1.82, 2.24) is 29.4 Å². The molecule has 5 rings (SSSR count). The number of hydrogen-bond donors (Lipinski definition) is 1. The number of nitrogens with zero attached hydrogens (tertiary/aromatic N) is 7. The summed E-state index contributed by atoms with van der Waals surface area (Å²) in [4.78, 5) is 21.4.